The van der Waals surface area contributed by atoms with Crippen LogP contribution in [0.5, 0.6) is 0 Å². The molecule has 1 radical (unpaired) electrons. The summed E-state index contributed by atoms with van der Waals surface area (Å²) in [4.78, 5) is 11.7. The summed E-state index contributed by atoms with van der Waals surface area (Å²) in [6.45, 7) is 0. The zero-order valence-corrected chi connectivity index (χ0v) is 15.9. The Balaban J connectivity index is 2.05. The van der Waals surface area contributed by atoms with E-state index in [1.807, 2.05) is 18.2 Å². The van der Waals surface area contributed by atoms with Gasteiger partial charge in [0.25, 0.3) is 0 Å². The first-order valence-corrected chi connectivity index (χ1v) is 10.8. The lowest BCUT2D eigenvalue weighted by Gasteiger charge is -2.39. The summed E-state index contributed by atoms with van der Waals surface area (Å²) in [5.74, 6) is 1.02. The monoisotopic (exact) mass is 373 g/mol. The van der Waals surface area contributed by atoms with E-state index in [-0.39, 0.29) is 11.1 Å². The molecule has 1 aliphatic rings. The highest BCUT2D eigenvalue weighted by molar-refractivity contribution is 7.60. The first-order valence-electron chi connectivity index (χ1n) is 9.23. The van der Waals surface area contributed by atoms with Gasteiger partial charge in [-0.25, -0.2) is 4.79 Å². The third-order valence-corrected chi connectivity index (χ3v) is 8.52. The summed E-state index contributed by atoms with van der Waals surface area (Å²) in [5, 5.41) is 9.30. The van der Waals surface area contributed by atoms with Gasteiger partial charge in [0.05, 0.1) is 5.16 Å². The molecule has 0 spiro atoms. The SMILES string of the molecule is O=C(O)C=[P]1CCC(c2ccccc2)C1(c1ccccc1)c1ccccc1. The standard InChI is InChI=1S/C24H22O2P/c25-23(26)18-27-17-16-22(19-10-4-1-5-11-19)24(27,20-12-6-2-7-13-20)21-14-8-3-9-15-21/h1-15,18,22H,16-17H2,(H,25,26). The number of hydrogen-bond acceptors (Lipinski definition) is 1. The molecule has 1 saturated heterocycles. The Morgan fingerprint density at radius 1 is 0.852 bits per heavy atom. The summed E-state index contributed by atoms with van der Waals surface area (Å²) in [6, 6.07) is 31.5. The molecule has 0 saturated carbocycles. The van der Waals surface area contributed by atoms with Crippen LogP contribution in [0.15, 0.2) is 91.0 Å². The Morgan fingerprint density at radius 2 is 1.33 bits per heavy atom. The molecule has 3 aromatic carbocycles. The van der Waals surface area contributed by atoms with Crippen molar-refractivity contribution in [1.29, 1.82) is 0 Å². The van der Waals surface area contributed by atoms with Crippen molar-refractivity contribution in [2.45, 2.75) is 17.5 Å². The zero-order valence-electron chi connectivity index (χ0n) is 15.0. The number of carbonyl (C=O) groups is 1. The van der Waals surface area contributed by atoms with Gasteiger partial charge in [0, 0.05) is 11.7 Å². The van der Waals surface area contributed by atoms with Crippen molar-refractivity contribution < 1.29 is 9.90 Å². The van der Waals surface area contributed by atoms with Gasteiger partial charge in [-0.2, -0.15) is 0 Å². The van der Waals surface area contributed by atoms with Crippen LogP contribution in [0.2, 0.25) is 0 Å². The maximum atomic E-state index is 11.7. The second kappa shape index (κ2) is 7.50. The van der Waals surface area contributed by atoms with Crippen molar-refractivity contribution in [3.05, 3.63) is 108 Å². The smallest absolute Gasteiger partial charge is 0.332 e. The average molecular weight is 373 g/mol. The molecule has 0 aliphatic carbocycles. The molecule has 2 unspecified atom stereocenters. The molecule has 0 bridgehead atoms. The molecule has 3 heteroatoms. The molecule has 1 heterocycles. The Kier molecular flexibility index (Phi) is 4.92. The highest BCUT2D eigenvalue weighted by Crippen LogP contribution is 2.66. The van der Waals surface area contributed by atoms with Crippen LogP contribution in [-0.4, -0.2) is 23.0 Å². The van der Waals surface area contributed by atoms with Gasteiger partial charge in [-0.15, -0.1) is 7.55 Å². The third-order valence-electron chi connectivity index (χ3n) is 5.51. The van der Waals surface area contributed by atoms with Gasteiger partial charge in [0.15, 0.2) is 0 Å². The highest BCUT2D eigenvalue weighted by Gasteiger charge is 2.49. The number of aliphatic carboxylic acids is 1. The van der Waals surface area contributed by atoms with Crippen LogP contribution in [0, 0.1) is 0 Å². The van der Waals surface area contributed by atoms with E-state index in [2.05, 4.69) is 72.8 Å². The van der Waals surface area contributed by atoms with Gasteiger partial charge in [-0.3, -0.25) is 0 Å². The lowest BCUT2D eigenvalue weighted by atomic mass is 9.75. The van der Waals surface area contributed by atoms with E-state index in [1.165, 1.54) is 16.7 Å². The lowest BCUT2D eigenvalue weighted by molar-refractivity contribution is -0.128. The second-order valence-electron chi connectivity index (χ2n) is 6.91. The molecule has 27 heavy (non-hydrogen) atoms. The first-order chi connectivity index (χ1) is 13.2. The summed E-state index contributed by atoms with van der Waals surface area (Å²) < 4.78 is 0. The summed E-state index contributed by atoms with van der Waals surface area (Å²) in [5.41, 5.74) is 3.71. The van der Waals surface area contributed by atoms with Crippen LogP contribution in [-0.2, 0) is 9.95 Å². The van der Waals surface area contributed by atoms with Crippen LogP contribution in [0.4, 0.5) is 0 Å². The van der Waals surface area contributed by atoms with Crippen LogP contribution in [0.3, 0.4) is 0 Å². The van der Waals surface area contributed by atoms with Gasteiger partial charge in [0.1, 0.15) is 0 Å². The summed E-state index contributed by atoms with van der Waals surface area (Å²) in [7, 11) is -0.872. The number of carboxylic acid groups (broad SMARTS) is 1. The van der Waals surface area contributed by atoms with E-state index in [1.54, 1.807) is 5.80 Å². The van der Waals surface area contributed by atoms with Crippen molar-refractivity contribution >= 4 is 19.3 Å². The largest absolute Gasteiger partial charge is 0.478 e. The fourth-order valence-electron chi connectivity index (χ4n) is 4.53. The fraction of sp³-hybridized carbons (Fsp3) is 0.167. The quantitative estimate of drug-likeness (QED) is 0.614. The zero-order chi connectivity index (χ0) is 18.7. The number of carboxylic acids is 1. The van der Waals surface area contributed by atoms with E-state index < -0.39 is 13.5 Å². The highest BCUT2D eigenvalue weighted by atomic mass is 31.1. The van der Waals surface area contributed by atoms with Crippen molar-refractivity contribution in [2.24, 2.45) is 0 Å². The lowest BCUT2D eigenvalue weighted by Crippen LogP contribution is -2.28. The first kappa shape index (κ1) is 17.7. The van der Waals surface area contributed by atoms with E-state index in [0.717, 1.165) is 12.6 Å². The normalized spacial score (nSPS) is 19.9. The Bertz CT molecular complexity index is 910. The van der Waals surface area contributed by atoms with Crippen LogP contribution < -0.4 is 0 Å². The molecule has 1 fully saturated rings. The van der Waals surface area contributed by atoms with Crippen LogP contribution in [0.1, 0.15) is 29.0 Å². The van der Waals surface area contributed by atoms with Crippen molar-refractivity contribution in [3.63, 3.8) is 0 Å². The molecular weight excluding hydrogens is 351 g/mol. The maximum Gasteiger partial charge on any atom is 0.332 e. The van der Waals surface area contributed by atoms with Crippen molar-refractivity contribution in [1.82, 2.24) is 0 Å². The Morgan fingerprint density at radius 3 is 1.81 bits per heavy atom. The van der Waals surface area contributed by atoms with Gasteiger partial charge < -0.3 is 5.11 Å². The minimum absolute atomic E-state index is 0.255. The van der Waals surface area contributed by atoms with E-state index >= 15 is 0 Å². The molecule has 4 rings (SSSR count). The number of benzene rings is 3. The fourth-order valence-corrected chi connectivity index (χ4v) is 7.66. The van der Waals surface area contributed by atoms with Crippen LogP contribution in [0.25, 0.3) is 0 Å². The van der Waals surface area contributed by atoms with E-state index in [0.29, 0.717) is 0 Å². The number of rotatable bonds is 4. The van der Waals surface area contributed by atoms with Gasteiger partial charge in [0.2, 0.25) is 0 Å². The summed E-state index contributed by atoms with van der Waals surface area (Å²) >= 11 is 0. The Labute approximate surface area is 160 Å². The molecule has 2 atom stereocenters. The molecule has 135 valence electrons. The minimum atomic E-state index is -0.872. The number of hydrogen-bond donors (Lipinski definition) is 1. The van der Waals surface area contributed by atoms with Crippen LogP contribution >= 0.6 is 7.55 Å². The van der Waals surface area contributed by atoms with Crippen molar-refractivity contribution in [3.8, 4) is 0 Å². The predicted octanol–water partition coefficient (Wildman–Crippen LogP) is 5.49. The molecule has 2 nitrogen and oxygen atoms in total. The average Bonchev–Trinajstić information content (AvgIpc) is 3.09. The predicted molar refractivity (Wildman–Crippen MR) is 113 cm³/mol. The molecule has 0 aromatic heterocycles. The van der Waals surface area contributed by atoms with E-state index in [4.69, 9.17) is 0 Å². The Hall–Kier alpha value is -2.70. The summed E-state index contributed by atoms with van der Waals surface area (Å²) in [6.07, 6.45) is 1.91. The maximum absolute atomic E-state index is 11.7. The van der Waals surface area contributed by atoms with Gasteiger partial charge >= 0.3 is 5.97 Å². The molecule has 1 N–H and O–H groups in total. The molecular formula is C24H22O2P. The van der Waals surface area contributed by atoms with Crippen molar-refractivity contribution in [2.75, 3.05) is 6.16 Å². The van der Waals surface area contributed by atoms with E-state index in [9.17, 15) is 9.90 Å². The minimum Gasteiger partial charge on any atom is -0.478 e. The third kappa shape index (κ3) is 3.11. The molecule has 3 aromatic rings. The molecule has 1 aliphatic heterocycles. The topological polar surface area (TPSA) is 37.3 Å². The second-order valence-corrected chi connectivity index (χ2v) is 9.26. The molecule has 0 amide bonds. The van der Waals surface area contributed by atoms with Gasteiger partial charge in [-0.1, -0.05) is 91.0 Å². The van der Waals surface area contributed by atoms with Gasteiger partial charge in [-0.05, 0) is 29.3 Å².